The number of imidazole rings is 1. The molecule has 3 unspecified atom stereocenters. The first kappa shape index (κ1) is 34.4. The second kappa shape index (κ2) is 16.7. The van der Waals surface area contributed by atoms with Gasteiger partial charge in [0, 0.05) is 63.2 Å². The van der Waals surface area contributed by atoms with Gasteiger partial charge in [0.1, 0.15) is 0 Å². The van der Waals surface area contributed by atoms with Crippen LogP contribution in [-0.2, 0) is 13.1 Å². The number of aliphatic hydroxyl groups excluding tert-OH is 6. The minimum Gasteiger partial charge on any atom is -0.396 e. The third kappa shape index (κ3) is 9.19. The predicted molar refractivity (Wildman–Crippen MR) is 160 cm³/mol. The number of nitrogens with one attached hydrogen (secondary N) is 1. The highest BCUT2D eigenvalue weighted by molar-refractivity contribution is 5.97. The molecule has 0 radical (unpaired) electrons. The summed E-state index contributed by atoms with van der Waals surface area (Å²) in [4.78, 5) is 15.4. The molecule has 238 valence electrons. The van der Waals surface area contributed by atoms with Crippen LogP contribution in [0.25, 0.3) is 11.0 Å². The van der Waals surface area contributed by atoms with E-state index in [-0.39, 0.29) is 43.9 Å². The number of fused-ring (bicyclic) bond motifs is 1. The van der Waals surface area contributed by atoms with E-state index >= 15 is 0 Å². The lowest BCUT2D eigenvalue weighted by molar-refractivity contribution is -0.674. The van der Waals surface area contributed by atoms with Crippen LogP contribution in [0.15, 0.2) is 18.2 Å². The summed E-state index contributed by atoms with van der Waals surface area (Å²) >= 11 is 0. The third-order valence-electron chi connectivity index (χ3n) is 8.74. The molecule has 1 aromatic heterocycles. The van der Waals surface area contributed by atoms with Gasteiger partial charge in [-0.2, -0.15) is 0 Å². The highest BCUT2D eigenvalue weighted by atomic mass is 16.3. The lowest BCUT2D eigenvalue weighted by atomic mass is 9.89. The molecule has 1 saturated carbocycles. The van der Waals surface area contributed by atoms with E-state index in [1.807, 2.05) is 18.2 Å². The van der Waals surface area contributed by atoms with Crippen LogP contribution >= 0.6 is 0 Å². The van der Waals surface area contributed by atoms with E-state index in [1.165, 1.54) is 5.82 Å². The fourth-order valence-corrected chi connectivity index (χ4v) is 6.43. The summed E-state index contributed by atoms with van der Waals surface area (Å²) < 4.78 is 4.49. The monoisotopic (exact) mass is 593 g/mol. The van der Waals surface area contributed by atoms with E-state index in [1.54, 1.807) is 0 Å². The van der Waals surface area contributed by atoms with Crippen LogP contribution in [0.1, 0.15) is 81.4 Å². The standard InChI is InChI=1S/C31H52N4O7/c1-4-34-21(3)35(5-2)30-16-22(6-11-29(30)34)31(42)32-23-7-9-24(10-8-23)33(14-12-25(38)18-28(41)20-37)19-27(40)17-26(39)13-15-36/h6,11,16,23-28,36-41H,4-5,7-10,12-15,17-20H2,1-3H3/p+1/t23?,24?,25?,26-,27?,28?/m1/s1. The molecule has 1 aliphatic carbocycles. The Kier molecular flexibility index (Phi) is 13.6. The van der Waals surface area contributed by atoms with Crippen molar-refractivity contribution in [1.29, 1.82) is 0 Å². The van der Waals surface area contributed by atoms with Crippen LogP contribution < -0.4 is 9.88 Å². The van der Waals surface area contributed by atoms with Gasteiger partial charge in [0.15, 0.2) is 11.0 Å². The average Bonchev–Trinajstić information content (AvgIpc) is 3.24. The molecule has 7 N–H and O–H groups in total. The molecule has 11 nitrogen and oxygen atoms in total. The Labute approximate surface area is 249 Å². The summed E-state index contributed by atoms with van der Waals surface area (Å²) in [5.74, 6) is 1.08. The molecule has 0 saturated heterocycles. The normalized spacial score (nSPS) is 20.5. The molecule has 1 amide bonds. The molecule has 42 heavy (non-hydrogen) atoms. The molecule has 1 aliphatic rings. The molecule has 1 aromatic carbocycles. The molecule has 0 aliphatic heterocycles. The smallest absolute Gasteiger partial charge is 0.254 e. The lowest BCUT2D eigenvalue weighted by Crippen LogP contribution is -2.47. The molecule has 0 bridgehead atoms. The van der Waals surface area contributed by atoms with Gasteiger partial charge in [0.25, 0.3) is 11.7 Å². The van der Waals surface area contributed by atoms with E-state index < -0.39 is 31.0 Å². The van der Waals surface area contributed by atoms with E-state index in [2.05, 4.69) is 40.1 Å². The highest BCUT2D eigenvalue weighted by Gasteiger charge is 2.29. The lowest BCUT2D eigenvalue weighted by Gasteiger charge is -2.38. The molecular formula is C31H53N4O7+. The number of aryl methyl sites for hydroxylation is 2. The van der Waals surface area contributed by atoms with Gasteiger partial charge < -0.3 is 36.0 Å². The van der Waals surface area contributed by atoms with Crippen LogP contribution in [-0.4, -0.2) is 109 Å². The number of rotatable bonds is 17. The summed E-state index contributed by atoms with van der Waals surface area (Å²) in [7, 11) is 0. The number of hydrogen-bond acceptors (Lipinski definition) is 8. The van der Waals surface area contributed by atoms with E-state index in [0.717, 1.165) is 49.8 Å². The second-order valence-electron chi connectivity index (χ2n) is 11.8. The Balaban J connectivity index is 1.61. The van der Waals surface area contributed by atoms with Gasteiger partial charge in [-0.05, 0) is 64.5 Å². The van der Waals surface area contributed by atoms with E-state index in [0.29, 0.717) is 25.1 Å². The van der Waals surface area contributed by atoms with Gasteiger partial charge >= 0.3 is 0 Å². The second-order valence-corrected chi connectivity index (χ2v) is 11.8. The predicted octanol–water partition coefficient (Wildman–Crippen LogP) is 0.609. The highest BCUT2D eigenvalue weighted by Crippen LogP contribution is 2.25. The van der Waals surface area contributed by atoms with Crippen molar-refractivity contribution in [3.63, 3.8) is 0 Å². The number of hydrogen-bond donors (Lipinski definition) is 7. The Bertz CT molecular complexity index is 1120. The van der Waals surface area contributed by atoms with Crippen LogP contribution in [0.3, 0.4) is 0 Å². The summed E-state index contributed by atoms with van der Waals surface area (Å²) in [6.07, 6.45) is 0.627. The number of nitrogens with zero attached hydrogens (tertiary/aromatic N) is 3. The van der Waals surface area contributed by atoms with Crippen molar-refractivity contribution in [3.8, 4) is 0 Å². The van der Waals surface area contributed by atoms with Crippen LogP contribution in [0.5, 0.6) is 0 Å². The number of benzene rings is 1. The Morgan fingerprint density at radius 3 is 2.29 bits per heavy atom. The van der Waals surface area contributed by atoms with Gasteiger partial charge in [0.05, 0.1) is 44.1 Å². The van der Waals surface area contributed by atoms with Crippen molar-refractivity contribution in [3.05, 3.63) is 29.6 Å². The van der Waals surface area contributed by atoms with Crippen molar-refractivity contribution in [2.75, 3.05) is 26.3 Å². The van der Waals surface area contributed by atoms with Crippen molar-refractivity contribution in [2.45, 2.75) is 122 Å². The number of aromatic nitrogens is 2. The fourth-order valence-electron chi connectivity index (χ4n) is 6.43. The first-order chi connectivity index (χ1) is 20.1. The molecule has 1 fully saturated rings. The maximum absolute atomic E-state index is 13.2. The minimum atomic E-state index is -0.977. The largest absolute Gasteiger partial charge is 0.396 e. The number of aliphatic hydroxyl groups is 6. The SMILES string of the molecule is CCn1c(C)[n+](CC)c2ccc(C(=O)NC3CCC(N(CCC(O)CC(O)CO)CC(O)C[C@H](O)CCO)CC3)cc21. The number of carbonyl (C=O) groups excluding carboxylic acids is 1. The zero-order valence-corrected chi connectivity index (χ0v) is 25.5. The van der Waals surface area contributed by atoms with Gasteiger partial charge in [-0.3, -0.25) is 9.69 Å². The first-order valence-corrected chi connectivity index (χ1v) is 15.6. The molecule has 4 atom stereocenters. The molecule has 11 heteroatoms. The molecular weight excluding hydrogens is 540 g/mol. The molecule has 2 aromatic rings. The zero-order chi connectivity index (χ0) is 30.8. The Morgan fingerprint density at radius 1 is 1.00 bits per heavy atom. The van der Waals surface area contributed by atoms with Crippen molar-refractivity contribution < 1.29 is 40.0 Å². The zero-order valence-electron chi connectivity index (χ0n) is 25.5. The maximum Gasteiger partial charge on any atom is 0.254 e. The van der Waals surface area contributed by atoms with E-state index in [9.17, 15) is 25.2 Å². The van der Waals surface area contributed by atoms with Crippen molar-refractivity contribution in [1.82, 2.24) is 14.8 Å². The molecule has 3 rings (SSSR count). The maximum atomic E-state index is 13.2. The van der Waals surface area contributed by atoms with Crippen LogP contribution in [0.2, 0.25) is 0 Å². The third-order valence-corrected chi connectivity index (χ3v) is 8.74. The first-order valence-electron chi connectivity index (χ1n) is 15.6. The van der Waals surface area contributed by atoms with Crippen molar-refractivity contribution in [2.24, 2.45) is 0 Å². The number of carbonyl (C=O) groups is 1. The summed E-state index contributed by atoms with van der Waals surface area (Å²) in [6, 6.07) is 6.06. The van der Waals surface area contributed by atoms with Gasteiger partial charge in [-0.25, -0.2) is 9.13 Å². The summed E-state index contributed by atoms with van der Waals surface area (Å²) in [6.45, 7) is 8.27. The summed E-state index contributed by atoms with van der Waals surface area (Å²) in [5, 5.41) is 62.1. The Morgan fingerprint density at radius 2 is 1.67 bits per heavy atom. The van der Waals surface area contributed by atoms with Gasteiger partial charge in [0.2, 0.25) is 0 Å². The van der Waals surface area contributed by atoms with Gasteiger partial charge in [-0.15, -0.1) is 0 Å². The number of amides is 1. The van der Waals surface area contributed by atoms with Crippen molar-refractivity contribution >= 4 is 16.9 Å². The molecule has 0 spiro atoms. The van der Waals surface area contributed by atoms with Crippen LogP contribution in [0.4, 0.5) is 0 Å². The summed E-state index contributed by atoms with van der Waals surface area (Å²) in [5.41, 5.74) is 2.82. The Hall–Kier alpha value is -2.12. The topological polar surface area (TPSA) is 163 Å². The molecule has 1 heterocycles. The quantitative estimate of drug-likeness (QED) is 0.131. The van der Waals surface area contributed by atoms with E-state index in [4.69, 9.17) is 10.2 Å². The minimum absolute atomic E-state index is 0.0353. The van der Waals surface area contributed by atoms with Crippen LogP contribution in [0, 0.1) is 6.92 Å². The average molecular weight is 594 g/mol. The fraction of sp³-hybridized carbons (Fsp3) is 0.742. The van der Waals surface area contributed by atoms with Gasteiger partial charge in [-0.1, -0.05) is 0 Å².